The Hall–Kier alpha value is -2.28. The highest BCUT2D eigenvalue weighted by molar-refractivity contribution is 7.91. The summed E-state index contributed by atoms with van der Waals surface area (Å²) in [7, 11) is -3.12. The van der Waals surface area contributed by atoms with Gasteiger partial charge >= 0.3 is 0 Å². The molecule has 1 aliphatic heterocycles. The second-order valence-corrected chi connectivity index (χ2v) is 11.4. The quantitative estimate of drug-likeness (QED) is 0.477. The molecule has 1 aliphatic carbocycles. The molecule has 2 aliphatic rings. The third-order valence-corrected chi connectivity index (χ3v) is 8.26. The minimum atomic E-state index is -3.12. The SMILES string of the molecule is CCCCCOc1ccc(C(=O)N(Cc2ccc(C3CC3C)o2)C2CCS(=O)(=O)C2)cc1. The van der Waals surface area contributed by atoms with Gasteiger partial charge in [-0.3, -0.25) is 4.79 Å². The molecule has 3 unspecified atom stereocenters. The second kappa shape index (κ2) is 9.69. The summed E-state index contributed by atoms with van der Waals surface area (Å²) in [6, 6.07) is 10.7. The normalized spacial score (nSPS) is 23.8. The van der Waals surface area contributed by atoms with Crippen molar-refractivity contribution in [2.45, 2.75) is 64.5 Å². The molecule has 2 aromatic rings. The minimum absolute atomic E-state index is 0.00455. The molecule has 174 valence electrons. The predicted octanol–water partition coefficient (Wildman–Crippen LogP) is 4.80. The van der Waals surface area contributed by atoms with E-state index in [1.165, 1.54) is 0 Å². The van der Waals surface area contributed by atoms with Crippen molar-refractivity contribution in [2.75, 3.05) is 18.1 Å². The van der Waals surface area contributed by atoms with Crippen LogP contribution < -0.4 is 4.74 Å². The highest BCUT2D eigenvalue weighted by Gasteiger charge is 2.38. The molecule has 1 amide bonds. The Bertz CT molecular complexity index is 1030. The van der Waals surface area contributed by atoms with Crippen molar-refractivity contribution >= 4 is 15.7 Å². The first-order valence-corrected chi connectivity index (χ1v) is 13.5. The standard InChI is InChI=1S/C25H33NO5S/c1-3-4-5-13-30-21-8-6-19(7-9-21)25(27)26(20-12-14-32(28,29)17-20)16-22-10-11-24(31-22)23-15-18(23)2/h6-11,18,20,23H,3-5,12-17H2,1-2H3. The number of hydrogen-bond acceptors (Lipinski definition) is 5. The van der Waals surface area contributed by atoms with E-state index < -0.39 is 9.84 Å². The van der Waals surface area contributed by atoms with Gasteiger partial charge in [0.2, 0.25) is 0 Å². The summed E-state index contributed by atoms with van der Waals surface area (Å²) in [5.74, 6) is 3.44. The molecule has 1 aromatic heterocycles. The van der Waals surface area contributed by atoms with Gasteiger partial charge in [0.05, 0.1) is 24.7 Å². The van der Waals surface area contributed by atoms with E-state index in [2.05, 4.69) is 13.8 Å². The average molecular weight is 460 g/mol. The zero-order valence-corrected chi connectivity index (χ0v) is 19.8. The number of unbranched alkanes of at least 4 members (excludes halogenated alkanes) is 2. The number of hydrogen-bond donors (Lipinski definition) is 0. The Morgan fingerprint density at radius 3 is 2.53 bits per heavy atom. The lowest BCUT2D eigenvalue weighted by Crippen LogP contribution is -2.40. The van der Waals surface area contributed by atoms with Gasteiger partial charge in [-0.05, 0) is 61.6 Å². The van der Waals surface area contributed by atoms with Gasteiger partial charge in [-0.25, -0.2) is 8.42 Å². The molecule has 1 saturated carbocycles. The van der Waals surface area contributed by atoms with Gasteiger partial charge in [-0.2, -0.15) is 0 Å². The number of amides is 1. The second-order valence-electron chi connectivity index (χ2n) is 9.19. The largest absolute Gasteiger partial charge is 0.494 e. The van der Waals surface area contributed by atoms with Crippen molar-refractivity contribution in [1.29, 1.82) is 0 Å². The Morgan fingerprint density at radius 1 is 1.16 bits per heavy atom. The van der Waals surface area contributed by atoms with Crippen molar-refractivity contribution in [3.05, 3.63) is 53.5 Å². The predicted molar refractivity (Wildman–Crippen MR) is 124 cm³/mol. The summed E-state index contributed by atoms with van der Waals surface area (Å²) in [5.41, 5.74) is 0.526. The first kappa shape index (κ1) is 22.9. The molecule has 1 saturated heterocycles. The highest BCUT2D eigenvalue weighted by Crippen LogP contribution is 2.47. The number of nitrogens with zero attached hydrogens (tertiary/aromatic N) is 1. The van der Waals surface area contributed by atoms with Crippen LogP contribution in [0.15, 0.2) is 40.8 Å². The number of rotatable bonds is 10. The summed E-state index contributed by atoms with van der Waals surface area (Å²) < 4.78 is 36.0. The Morgan fingerprint density at radius 2 is 1.91 bits per heavy atom. The van der Waals surface area contributed by atoms with E-state index in [1.54, 1.807) is 17.0 Å². The Balaban J connectivity index is 1.47. The molecule has 6 nitrogen and oxygen atoms in total. The van der Waals surface area contributed by atoms with Crippen molar-refractivity contribution in [2.24, 2.45) is 5.92 Å². The van der Waals surface area contributed by atoms with Gasteiger partial charge in [-0.15, -0.1) is 0 Å². The third kappa shape index (κ3) is 5.55. The van der Waals surface area contributed by atoms with Gasteiger partial charge in [0.15, 0.2) is 9.84 Å². The maximum atomic E-state index is 13.4. The fraction of sp³-hybridized carbons (Fsp3) is 0.560. The molecule has 0 spiro atoms. The molecule has 1 aromatic carbocycles. The van der Waals surface area contributed by atoms with Crippen LogP contribution in [0.25, 0.3) is 0 Å². The van der Waals surface area contributed by atoms with E-state index in [9.17, 15) is 13.2 Å². The van der Waals surface area contributed by atoms with Crippen molar-refractivity contribution < 1.29 is 22.4 Å². The fourth-order valence-corrected chi connectivity index (χ4v) is 6.09. The molecule has 7 heteroatoms. The molecule has 2 heterocycles. The van der Waals surface area contributed by atoms with Crippen LogP contribution in [-0.2, 0) is 16.4 Å². The van der Waals surface area contributed by atoms with Gasteiger partial charge in [0.25, 0.3) is 5.91 Å². The number of carbonyl (C=O) groups is 1. The van der Waals surface area contributed by atoms with E-state index >= 15 is 0 Å². The minimum Gasteiger partial charge on any atom is -0.494 e. The van der Waals surface area contributed by atoms with Crippen LogP contribution in [0.2, 0.25) is 0 Å². The van der Waals surface area contributed by atoms with E-state index in [0.29, 0.717) is 36.2 Å². The highest BCUT2D eigenvalue weighted by atomic mass is 32.2. The molecule has 0 N–H and O–H groups in total. The van der Waals surface area contributed by atoms with Crippen LogP contribution in [-0.4, -0.2) is 43.4 Å². The molecular weight excluding hydrogens is 426 g/mol. The zero-order valence-electron chi connectivity index (χ0n) is 19.0. The van der Waals surface area contributed by atoms with Gasteiger partial charge in [-0.1, -0.05) is 26.7 Å². The van der Waals surface area contributed by atoms with Crippen LogP contribution >= 0.6 is 0 Å². The van der Waals surface area contributed by atoms with Crippen LogP contribution in [0.3, 0.4) is 0 Å². The molecule has 3 atom stereocenters. The summed E-state index contributed by atoms with van der Waals surface area (Å²) in [6.45, 7) is 5.28. The third-order valence-electron chi connectivity index (χ3n) is 6.51. The maximum Gasteiger partial charge on any atom is 0.254 e. The Kier molecular flexibility index (Phi) is 6.93. The maximum absolute atomic E-state index is 13.4. The first-order valence-electron chi connectivity index (χ1n) is 11.7. The van der Waals surface area contributed by atoms with E-state index in [4.69, 9.17) is 9.15 Å². The first-order chi connectivity index (χ1) is 15.4. The van der Waals surface area contributed by atoms with Crippen LogP contribution in [0, 0.1) is 5.92 Å². The molecule has 2 fully saturated rings. The number of benzene rings is 1. The fourth-order valence-electron chi connectivity index (χ4n) is 4.35. The molecular formula is C25H33NO5S. The lowest BCUT2D eigenvalue weighted by atomic mass is 10.1. The summed E-state index contributed by atoms with van der Waals surface area (Å²) in [6.07, 6.45) is 4.86. The molecule has 32 heavy (non-hydrogen) atoms. The van der Waals surface area contributed by atoms with Crippen LogP contribution in [0.5, 0.6) is 5.75 Å². The zero-order chi connectivity index (χ0) is 22.7. The van der Waals surface area contributed by atoms with Crippen molar-refractivity contribution in [3.63, 3.8) is 0 Å². The number of sulfone groups is 1. The number of carbonyl (C=O) groups excluding carboxylic acids is 1. The summed E-state index contributed by atoms with van der Waals surface area (Å²) in [5, 5.41) is 0. The molecule has 0 radical (unpaired) electrons. The van der Waals surface area contributed by atoms with Gasteiger partial charge < -0.3 is 14.1 Å². The summed E-state index contributed by atoms with van der Waals surface area (Å²) >= 11 is 0. The average Bonchev–Trinajstić information content (AvgIpc) is 3.16. The number of ether oxygens (including phenoxy) is 1. The molecule has 0 bridgehead atoms. The van der Waals surface area contributed by atoms with Crippen LogP contribution in [0.1, 0.15) is 73.7 Å². The van der Waals surface area contributed by atoms with E-state index in [1.807, 2.05) is 24.3 Å². The van der Waals surface area contributed by atoms with Gasteiger partial charge in [0, 0.05) is 17.5 Å². The molecule has 4 rings (SSSR count). The monoisotopic (exact) mass is 459 g/mol. The van der Waals surface area contributed by atoms with E-state index in [-0.39, 0.29) is 30.0 Å². The lowest BCUT2D eigenvalue weighted by Gasteiger charge is -2.27. The lowest BCUT2D eigenvalue weighted by molar-refractivity contribution is 0.0665. The topological polar surface area (TPSA) is 76.8 Å². The van der Waals surface area contributed by atoms with Crippen LogP contribution in [0.4, 0.5) is 0 Å². The number of furan rings is 1. The van der Waals surface area contributed by atoms with Crippen molar-refractivity contribution in [3.8, 4) is 5.75 Å². The van der Waals surface area contributed by atoms with Crippen molar-refractivity contribution in [1.82, 2.24) is 4.90 Å². The van der Waals surface area contributed by atoms with E-state index in [0.717, 1.165) is 37.2 Å². The summed E-state index contributed by atoms with van der Waals surface area (Å²) in [4.78, 5) is 15.1. The Labute approximate surface area is 190 Å². The van der Waals surface area contributed by atoms with Gasteiger partial charge in [0.1, 0.15) is 17.3 Å². The smallest absolute Gasteiger partial charge is 0.254 e.